The van der Waals surface area contributed by atoms with Gasteiger partial charge in [-0.25, -0.2) is 0 Å². The molecular formula is C45H78O6. The molecule has 51 heavy (non-hydrogen) atoms. The first kappa shape index (κ1) is 48.4. The van der Waals surface area contributed by atoms with E-state index in [1.165, 1.54) is 64.2 Å². The van der Waals surface area contributed by atoms with E-state index < -0.39 is 6.10 Å². The molecule has 0 saturated heterocycles. The summed E-state index contributed by atoms with van der Waals surface area (Å²) < 4.78 is 16.6. The van der Waals surface area contributed by atoms with E-state index in [-0.39, 0.29) is 31.1 Å². The molecule has 6 heteroatoms. The molecule has 0 saturated carbocycles. The van der Waals surface area contributed by atoms with Crippen molar-refractivity contribution < 1.29 is 28.6 Å². The Labute approximate surface area is 314 Å². The molecule has 1 atom stereocenters. The zero-order valence-electron chi connectivity index (χ0n) is 33.4. The first-order valence-corrected chi connectivity index (χ1v) is 21.2. The Kier molecular flexibility index (Phi) is 38.1. The molecule has 0 rings (SSSR count). The second kappa shape index (κ2) is 40.1. The van der Waals surface area contributed by atoms with E-state index in [2.05, 4.69) is 69.4 Å². The number of ether oxygens (including phenoxy) is 3. The van der Waals surface area contributed by atoms with E-state index >= 15 is 0 Å². The fourth-order valence-corrected chi connectivity index (χ4v) is 5.66. The van der Waals surface area contributed by atoms with Crippen molar-refractivity contribution in [3.05, 3.63) is 48.6 Å². The number of allylic oxidation sites excluding steroid dienone is 8. The van der Waals surface area contributed by atoms with Crippen LogP contribution in [0, 0.1) is 0 Å². The minimum Gasteiger partial charge on any atom is -0.462 e. The first-order valence-electron chi connectivity index (χ1n) is 21.2. The predicted molar refractivity (Wildman–Crippen MR) is 215 cm³/mol. The van der Waals surface area contributed by atoms with E-state index in [9.17, 15) is 14.4 Å². The second-order valence-corrected chi connectivity index (χ2v) is 13.9. The third-order valence-electron chi connectivity index (χ3n) is 8.88. The average molecular weight is 715 g/mol. The topological polar surface area (TPSA) is 78.9 Å². The summed E-state index contributed by atoms with van der Waals surface area (Å²) in [5.74, 6) is -0.921. The molecule has 0 spiro atoms. The summed E-state index contributed by atoms with van der Waals surface area (Å²) in [6.45, 7) is 6.40. The number of hydrogen-bond acceptors (Lipinski definition) is 6. The highest BCUT2D eigenvalue weighted by Gasteiger charge is 2.19. The van der Waals surface area contributed by atoms with Crippen molar-refractivity contribution in [3.8, 4) is 0 Å². The molecule has 0 heterocycles. The van der Waals surface area contributed by atoms with Crippen molar-refractivity contribution in [2.24, 2.45) is 0 Å². The van der Waals surface area contributed by atoms with E-state index in [0.717, 1.165) is 96.3 Å². The number of carbonyl (C=O) groups excluding carboxylic acids is 3. The molecule has 0 bridgehead atoms. The second-order valence-electron chi connectivity index (χ2n) is 13.9. The van der Waals surface area contributed by atoms with Crippen LogP contribution in [0.2, 0.25) is 0 Å². The molecule has 0 aromatic heterocycles. The summed E-state index contributed by atoms with van der Waals surface area (Å²) in [6, 6.07) is 0. The van der Waals surface area contributed by atoms with Gasteiger partial charge in [-0.15, -0.1) is 0 Å². The highest BCUT2D eigenvalue weighted by Crippen LogP contribution is 2.13. The summed E-state index contributed by atoms with van der Waals surface area (Å²) in [5.41, 5.74) is 0. The van der Waals surface area contributed by atoms with Crippen molar-refractivity contribution in [1.29, 1.82) is 0 Å². The van der Waals surface area contributed by atoms with Crippen molar-refractivity contribution >= 4 is 17.9 Å². The van der Waals surface area contributed by atoms with E-state index in [0.29, 0.717) is 19.3 Å². The standard InChI is InChI=1S/C45H78O6/c1-4-7-10-13-16-19-21-22-24-26-29-32-35-38-44(47)50-41-42(40-49-43(46)37-34-31-28-25-18-15-12-9-6-3)51-45(48)39-36-33-30-27-23-20-17-14-11-8-5-2/h7,10,13-14,16-17,19,21,42H,4-6,8-9,11-12,15,18,20,22-41H2,1-3H3/b10-7-,16-13-,17-14-,21-19-. The maximum Gasteiger partial charge on any atom is 0.306 e. The highest BCUT2D eigenvalue weighted by atomic mass is 16.6. The largest absolute Gasteiger partial charge is 0.462 e. The fourth-order valence-electron chi connectivity index (χ4n) is 5.66. The molecular weight excluding hydrogens is 636 g/mol. The Morgan fingerprint density at radius 1 is 0.412 bits per heavy atom. The molecule has 0 aliphatic carbocycles. The molecule has 0 aromatic carbocycles. The zero-order valence-corrected chi connectivity index (χ0v) is 33.4. The Bertz CT molecular complexity index is 918. The van der Waals surface area contributed by atoms with Crippen LogP contribution < -0.4 is 0 Å². The van der Waals surface area contributed by atoms with Gasteiger partial charge >= 0.3 is 17.9 Å². The van der Waals surface area contributed by atoms with Crippen molar-refractivity contribution in [2.75, 3.05) is 13.2 Å². The SMILES string of the molecule is CC\C=C/C=C\C=C/CCCCCCCC(=O)OCC(COC(=O)CCCCCCCCCCC)OC(=O)CCCCCCC/C=C\CCCC. The van der Waals surface area contributed by atoms with Gasteiger partial charge in [0.15, 0.2) is 6.10 Å². The lowest BCUT2D eigenvalue weighted by molar-refractivity contribution is -0.167. The minimum atomic E-state index is -0.779. The summed E-state index contributed by atoms with van der Waals surface area (Å²) in [7, 11) is 0. The van der Waals surface area contributed by atoms with Crippen LogP contribution in [0.5, 0.6) is 0 Å². The van der Waals surface area contributed by atoms with Gasteiger partial charge in [0, 0.05) is 19.3 Å². The molecule has 0 fully saturated rings. The summed E-state index contributed by atoms with van der Waals surface area (Å²) in [5, 5.41) is 0. The fraction of sp³-hybridized carbons (Fsp3) is 0.756. The maximum atomic E-state index is 12.6. The lowest BCUT2D eigenvalue weighted by Crippen LogP contribution is -2.30. The normalized spacial score (nSPS) is 12.5. The minimum absolute atomic E-state index is 0.0826. The summed E-state index contributed by atoms with van der Waals surface area (Å²) in [4.78, 5) is 37.5. The van der Waals surface area contributed by atoms with Gasteiger partial charge in [0.25, 0.3) is 0 Å². The number of esters is 3. The molecule has 0 aliphatic heterocycles. The Balaban J connectivity index is 4.41. The molecule has 1 unspecified atom stereocenters. The molecule has 0 aliphatic rings. The zero-order chi connectivity index (χ0) is 37.3. The van der Waals surface area contributed by atoms with Gasteiger partial charge in [0.2, 0.25) is 0 Å². The number of hydrogen-bond donors (Lipinski definition) is 0. The Hall–Kier alpha value is -2.63. The van der Waals surface area contributed by atoms with Crippen molar-refractivity contribution in [2.45, 2.75) is 207 Å². The van der Waals surface area contributed by atoms with Crippen LogP contribution in [0.25, 0.3) is 0 Å². The lowest BCUT2D eigenvalue weighted by atomic mass is 10.1. The van der Waals surface area contributed by atoms with Gasteiger partial charge in [-0.2, -0.15) is 0 Å². The molecule has 0 aromatic rings. The van der Waals surface area contributed by atoms with Crippen LogP contribution in [-0.2, 0) is 28.6 Å². The van der Waals surface area contributed by atoms with E-state index in [1.54, 1.807) is 0 Å². The monoisotopic (exact) mass is 715 g/mol. The quantitative estimate of drug-likeness (QED) is 0.0209. The number of carbonyl (C=O) groups is 3. The lowest BCUT2D eigenvalue weighted by Gasteiger charge is -2.18. The molecule has 6 nitrogen and oxygen atoms in total. The third kappa shape index (κ3) is 38.4. The maximum absolute atomic E-state index is 12.6. The van der Waals surface area contributed by atoms with Crippen LogP contribution in [0.15, 0.2) is 48.6 Å². The first-order chi connectivity index (χ1) is 25.0. The molecule has 0 radical (unpaired) electrons. The van der Waals surface area contributed by atoms with Gasteiger partial charge in [-0.05, 0) is 57.8 Å². The number of rotatable bonds is 37. The Morgan fingerprint density at radius 3 is 1.29 bits per heavy atom. The van der Waals surface area contributed by atoms with Crippen LogP contribution >= 0.6 is 0 Å². The molecule has 0 amide bonds. The smallest absolute Gasteiger partial charge is 0.306 e. The van der Waals surface area contributed by atoms with Crippen molar-refractivity contribution in [3.63, 3.8) is 0 Å². The average Bonchev–Trinajstić information content (AvgIpc) is 3.12. The van der Waals surface area contributed by atoms with Crippen molar-refractivity contribution in [1.82, 2.24) is 0 Å². The summed E-state index contributed by atoms with van der Waals surface area (Å²) >= 11 is 0. The van der Waals surface area contributed by atoms with E-state index in [1.807, 2.05) is 0 Å². The van der Waals surface area contributed by atoms with Crippen LogP contribution in [0.1, 0.15) is 201 Å². The van der Waals surface area contributed by atoms with Crippen LogP contribution in [-0.4, -0.2) is 37.2 Å². The van der Waals surface area contributed by atoms with E-state index in [4.69, 9.17) is 14.2 Å². The van der Waals surface area contributed by atoms with Gasteiger partial charge in [-0.1, -0.05) is 172 Å². The van der Waals surface area contributed by atoms with Gasteiger partial charge < -0.3 is 14.2 Å². The van der Waals surface area contributed by atoms with Crippen LogP contribution in [0.3, 0.4) is 0 Å². The predicted octanol–water partition coefficient (Wildman–Crippen LogP) is 13.2. The van der Waals surface area contributed by atoms with Gasteiger partial charge in [0.1, 0.15) is 13.2 Å². The van der Waals surface area contributed by atoms with Gasteiger partial charge in [0.05, 0.1) is 0 Å². The number of unbranched alkanes of at least 4 members (excludes halogenated alkanes) is 20. The summed E-state index contributed by atoms with van der Waals surface area (Å²) in [6.07, 6.45) is 45.2. The Morgan fingerprint density at radius 2 is 0.804 bits per heavy atom. The molecule has 0 N–H and O–H groups in total. The highest BCUT2D eigenvalue weighted by molar-refractivity contribution is 5.71. The third-order valence-corrected chi connectivity index (χ3v) is 8.88. The van der Waals surface area contributed by atoms with Gasteiger partial charge in [-0.3, -0.25) is 14.4 Å². The molecule has 294 valence electrons. The van der Waals surface area contributed by atoms with Crippen LogP contribution in [0.4, 0.5) is 0 Å².